The van der Waals surface area contributed by atoms with E-state index in [0.29, 0.717) is 0 Å². The summed E-state index contributed by atoms with van der Waals surface area (Å²) >= 11 is 1.53. The van der Waals surface area contributed by atoms with E-state index in [2.05, 4.69) is 9.72 Å². The zero-order valence-corrected chi connectivity index (χ0v) is 11.9. The second-order valence-corrected chi connectivity index (χ2v) is 4.44. The van der Waals surface area contributed by atoms with E-state index in [0.717, 1.165) is 6.20 Å². The molecule has 0 amide bonds. The quantitative estimate of drug-likeness (QED) is 0.336. The molecule has 0 saturated heterocycles. The summed E-state index contributed by atoms with van der Waals surface area (Å²) in [6, 6.07) is 0. The van der Waals surface area contributed by atoms with Gasteiger partial charge in [0.05, 0.1) is 23.6 Å². The van der Waals surface area contributed by atoms with Gasteiger partial charge in [-0.3, -0.25) is 19.9 Å². The number of pyridine rings is 1. The van der Waals surface area contributed by atoms with Crippen LogP contribution in [-0.4, -0.2) is 22.5 Å². The summed E-state index contributed by atoms with van der Waals surface area (Å²) < 4.78 is 29.9. The van der Waals surface area contributed by atoms with E-state index in [1.165, 1.54) is 22.6 Å². The van der Waals surface area contributed by atoms with E-state index >= 15 is 0 Å². The Labute approximate surface area is 120 Å². The minimum Gasteiger partial charge on any atom is -0.466 e. The fourth-order valence-electron chi connectivity index (χ4n) is 1.35. The SMILES string of the molecule is CCOC(=O)Cc1ncc(C(F)F)c([N+](=O)[O-])c1I. The first-order chi connectivity index (χ1) is 8.88. The largest absolute Gasteiger partial charge is 0.466 e. The van der Waals surface area contributed by atoms with Crippen LogP contribution in [-0.2, 0) is 16.0 Å². The van der Waals surface area contributed by atoms with Crippen LogP contribution in [0, 0.1) is 13.7 Å². The number of aromatic nitrogens is 1. The highest BCUT2D eigenvalue weighted by Crippen LogP contribution is 2.33. The summed E-state index contributed by atoms with van der Waals surface area (Å²) in [4.78, 5) is 24.9. The fourth-order valence-corrected chi connectivity index (χ4v) is 2.18. The monoisotopic (exact) mass is 386 g/mol. The predicted molar refractivity (Wildman–Crippen MR) is 68.9 cm³/mol. The van der Waals surface area contributed by atoms with Gasteiger partial charge < -0.3 is 4.74 Å². The van der Waals surface area contributed by atoms with Gasteiger partial charge in [-0.15, -0.1) is 0 Å². The van der Waals surface area contributed by atoms with Crippen molar-refractivity contribution >= 4 is 34.2 Å². The predicted octanol–water partition coefficient (Wildman–Crippen LogP) is 2.64. The lowest BCUT2D eigenvalue weighted by molar-refractivity contribution is -0.387. The van der Waals surface area contributed by atoms with Gasteiger partial charge in [-0.25, -0.2) is 8.78 Å². The van der Waals surface area contributed by atoms with E-state index in [-0.39, 0.29) is 22.3 Å². The van der Waals surface area contributed by atoms with Crippen molar-refractivity contribution in [2.45, 2.75) is 19.8 Å². The lowest BCUT2D eigenvalue weighted by atomic mass is 10.2. The minimum absolute atomic E-state index is 0.0511. The van der Waals surface area contributed by atoms with Gasteiger partial charge in [-0.2, -0.15) is 0 Å². The van der Waals surface area contributed by atoms with Gasteiger partial charge >= 0.3 is 5.97 Å². The van der Waals surface area contributed by atoms with Crippen LogP contribution in [0.3, 0.4) is 0 Å². The Hall–Kier alpha value is -1.39. The van der Waals surface area contributed by atoms with Gasteiger partial charge in [-0.1, -0.05) is 0 Å². The Bertz CT molecular complexity index is 511. The Kier molecular flexibility index (Phi) is 5.51. The minimum atomic E-state index is -3.00. The van der Waals surface area contributed by atoms with Gasteiger partial charge in [0.2, 0.25) is 0 Å². The molecular formula is C10H9F2IN2O4. The molecule has 9 heteroatoms. The van der Waals surface area contributed by atoms with E-state index in [1.807, 2.05) is 0 Å². The van der Waals surface area contributed by atoms with Crippen molar-refractivity contribution in [3.63, 3.8) is 0 Å². The number of nitrogens with zero attached hydrogens (tertiary/aromatic N) is 2. The van der Waals surface area contributed by atoms with Crippen molar-refractivity contribution < 1.29 is 23.2 Å². The van der Waals surface area contributed by atoms with E-state index in [4.69, 9.17) is 0 Å². The normalized spacial score (nSPS) is 10.6. The van der Waals surface area contributed by atoms with Gasteiger partial charge in [0, 0.05) is 6.20 Å². The molecule has 0 unspecified atom stereocenters. The maximum Gasteiger partial charge on any atom is 0.311 e. The first kappa shape index (κ1) is 15.7. The van der Waals surface area contributed by atoms with Crippen LogP contribution < -0.4 is 0 Å². The molecular weight excluding hydrogens is 377 g/mol. The van der Waals surface area contributed by atoms with Crippen molar-refractivity contribution in [3.8, 4) is 0 Å². The number of alkyl halides is 2. The second kappa shape index (κ2) is 6.68. The standard InChI is InChI=1S/C10H9F2IN2O4/c1-2-19-7(16)3-6-8(13)9(15(17)18)5(4-14-6)10(11)12/h4,10H,2-3H2,1H3. The fraction of sp³-hybridized carbons (Fsp3) is 0.400. The lowest BCUT2D eigenvalue weighted by Crippen LogP contribution is -2.12. The van der Waals surface area contributed by atoms with E-state index in [9.17, 15) is 23.7 Å². The molecule has 19 heavy (non-hydrogen) atoms. The zero-order chi connectivity index (χ0) is 14.6. The van der Waals surface area contributed by atoms with Gasteiger partial charge in [-0.05, 0) is 29.5 Å². The molecule has 104 valence electrons. The smallest absolute Gasteiger partial charge is 0.311 e. The summed E-state index contributed by atoms with van der Waals surface area (Å²) in [6.45, 7) is 1.77. The lowest BCUT2D eigenvalue weighted by Gasteiger charge is -2.07. The Morgan fingerprint density at radius 3 is 2.74 bits per heavy atom. The average molecular weight is 386 g/mol. The first-order valence-electron chi connectivity index (χ1n) is 5.13. The Morgan fingerprint density at radius 1 is 1.63 bits per heavy atom. The molecule has 6 nitrogen and oxygen atoms in total. The maximum atomic E-state index is 12.6. The summed E-state index contributed by atoms with van der Waals surface area (Å²) in [7, 11) is 0. The number of nitro groups is 1. The molecule has 0 aliphatic rings. The summed E-state index contributed by atoms with van der Waals surface area (Å²) in [5, 5.41) is 10.8. The van der Waals surface area contributed by atoms with E-state index < -0.39 is 28.6 Å². The number of hydrogen-bond donors (Lipinski definition) is 0. The number of carbonyl (C=O) groups excluding carboxylic acids is 1. The van der Waals surface area contributed by atoms with Crippen LogP contribution in [0.2, 0.25) is 0 Å². The molecule has 1 heterocycles. The van der Waals surface area contributed by atoms with Crippen molar-refractivity contribution in [1.29, 1.82) is 0 Å². The van der Waals surface area contributed by atoms with Gasteiger partial charge in [0.25, 0.3) is 12.1 Å². The Morgan fingerprint density at radius 2 is 2.26 bits per heavy atom. The van der Waals surface area contributed by atoms with Crippen LogP contribution in [0.25, 0.3) is 0 Å². The topological polar surface area (TPSA) is 82.3 Å². The molecule has 0 fully saturated rings. The molecule has 0 atom stereocenters. The molecule has 1 aromatic rings. The number of carbonyl (C=O) groups is 1. The van der Waals surface area contributed by atoms with Gasteiger partial charge in [0.15, 0.2) is 0 Å². The van der Waals surface area contributed by atoms with Crippen molar-refractivity contribution in [3.05, 3.63) is 31.1 Å². The van der Waals surface area contributed by atoms with E-state index in [1.54, 1.807) is 6.92 Å². The van der Waals surface area contributed by atoms with Crippen LogP contribution in [0.5, 0.6) is 0 Å². The number of halogens is 3. The Balaban J connectivity index is 3.20. The number of hydrogen-bond acceptors (Lipinski definition) is 5. The molecule has 1 aromatic heterocycles. The molecule has 1 rings (SSSR count). The van der Waals surface area contributed by atoms with Crippen LogP contribution in [0.1, 0.15) is 24.6 Å². The van der Waals surface area contributed by atoms with Gasteiger partial charge in [0.1, 0.15) is 9.13 Å². The van der Waals surface area contributed by atoms with Crippen molar-refractivity contribution in [2.24, 2.45) is 0 Å². The summed E-state index contributed by atoms with van der Waals surface area (Å²) in [5.41, 5.74) is -1.43. The molecule has 0 radical (unpaired) electrons. The molecule has 0 aromatic carbocycles. The first-order valence-corrected chi connectivity index (χ1v) is 6.21. The third kappa shape index (κ3) is 3.78. The number of rotatable bonds is 5. The van der Waals surface area contributed by atoms with Crippen molar-refractivity contribution in [1.82, 2.24) is 4.98 Å². The summed E-state index contributed by atoms with van der Waals surface area (Å²) in [6.07, 6.45) is -2.58. The van der Waals surface area contributed by atoms with Crippen LogP contribution in [0.4, 0.5) is 14.5 Å². The second-order valence-electron chi connectivity index (χ2n) is 3.36. The number of ether oxygens (including phenoxy) is 1. The maximum absolute atomic E-state index is 12.6. The highest BCUT2D eigenvalue weighted by atomic mass is 127. The zero-order valence-electron chi connectivity index (χ0n) is 9.73. The molecule has 0 saturated carbocycles. The molecule has 0 spiro atoms. The molecule has 0 aliphatic heterocycles. The van der Waals surface area contributed by atoms with Crippen LogP contribution in [0.15, 0.2) is 6.20 Å². The van der Waals surface area contributed by atoms with Crippen LogP contribution >= 0.6 is 22.6 Å². The number of esters is 1. The highest BCUT2D eigenvalue weighted by molar-refractivity contribution is 14.1. The summed E-state index contributed by atoms with van der Waals surface area (Å²) in [5.74, 6) is -0.619. The highest BCUT2D eigenvalue weighted by Gasteiger charge is 2.28. The average Bonchev–Trinajstić information content (AvgIpc) is 2.30. The molecule has 0 aliphatic carbocycles. The third-order valence-electron chi connectivity index (χ3n) is 2.13. The molecule has 0 bridgehead atoms. The molecule has 0 N–H and O–H groups in total. The van der Waals surface area contributed by atoms with Crippen molar-refractivity contribution in [2.75, 3.05) is 6.61 Å². The third-order valence-corrected chi connectivity index (χ3v) is 3.26.